The summed E-state index contributed by atoms with van der Waals surface area (Å²) in [7, 11) is 0. The maximum atomic E-state index is 9.25. The molecule has 0 radical (unpaired) electrons. The van der Waals surface area contributed by atoms with Gasteiger partial charge in [-0.3, -0.25) is 4.90 Å². The number of rotatable bonds is 2. The second kappa shape index (κ2) is 2.46. The van der Waals surface area contributed by atoms with Crippen LogP contribution in [0.1, 0.15) is 26.2 Å². The zero-order valence-electron chi connectivity index (χ0n) is 7.21. The van der Waals surface area contributed by atoms with Gasteiger partial charge in [0.1, 0.15) is 0 Å². The van der Waals surface area contributed by atoms with Crippen molar-refractivity contribution in [1.29, 1.82) is 0 Å². The number of hydrogen-bond acceptors (Lipinski definition) is 2. The van der Waals surface area contributed by atoms with Crippen molar-refractivity contribution in [2.75, 3.05) is 19.7 Å². The Morgan fingerprint density at radius 3 is 2.36 bits per heavy atom. The van der Waals surface area contributed by atoms with Gasteiger partial charge in [-0.1, -0.05) is 6.92 Å². The summed E-state index contributed by atoms with van der Waals surface area (Å²) in [5.41, 5.74) is 0.219. The first-order valence-corrected chi connectivity index (χ1v) is 4.65. The average molecular weight is 155 g/mol. The molecule has 2 aliphatic rings. The standard InChI is InChI=1S/C9H17NO/c1-8-6-9(8,7-11)10-4-2-3-5-10/h8,11H,2-7H2,1H3. The minimum Gasteiger partial charge on any atom is -0.394 e. The third kappa shape index (κ3) is 1.00. The van der Waals surface area contributed by atoms with Gasteiger partial charge in [0.2, 0.25) is 0 Å². The Labute approximate surface area is 68.2 Å². The quantitative estimate of drug-likeness (QED) is 0.639. The molecule has 2 unspecified atom stereocenters. The molecule has 1 heterocycles. The third-order valence-corrected chi connectivity index (χ3v) is 3.43. The predicted molar refractivity (Wildman–Crippen MR) is 44.4 cm³/mol. The maximum absolute atomic E-state index is 9.25. The topological polar surface area (TPSA) is 23.5 Å². The van der Waals surface area contributed by atoms with Crippen LogP contribution in [0.2, 0.25) is 0 Å². The van der Waals surface area contributed by atoms with Crippen molar-refractivity contribution < 1.29 is 5.11 Å². The normalized spacial score (nSPS) is 44.7. The predicted octanol–water partition coefficient (Wildman–Crippen LogP) is 0.853. The van der Waals surface area contributed by atoms with Crippen molar-refractivity contribution in [1.82, 2.24) is 4.90 Å². The van der Waals surface area contributed by atoms with Crippen LogP contribution in [0, 0.1) is 5.92 Å². The Balaban J connectivity index is 2.01. The molecule has 1 saturated heterocycles. The van der Waals surface area contributed by atoms with Crippen LogP contribution in [0.25, 0.3) is 0 Å². The molecule has 0 aromatic rings. The lowest BCUT2D eigenvalue weighted by atomic mass is 10.2. The first-order valence-electron chi connectivity index (χ1n) is 4.65. The number of likely N-dealkylation sites (tertiary alicyclic amines) is 1. The van der Waals surface area contributed by atoms with Gasteiger partial charge in [0.15, 0.2) is 0 Å². The zero-order chi connectivity index (χ0) is 7.90. The van der Waals surface area contributed by atoms with Crippen molar-refractivity contribution in [3.63, 3.8) is 0 Å². The van der Waals surface area contributed by atoms with Crippen LogP contribution in [0.4, 0.5) is 0 Å². The Morgan fingerprint density at radius 2 is 2.00 bits per heavy atom. The highest BCUT2D eigenvalue weighted by Gasteiger charge is 2.55. The summed E-state index contributed by atoms with van der Waals surface area (Å²) in [5, 5.41) is 9.25. The van der Waals surface area contributed by atoms with E-state index in [1.165, 1.54) is 32.4 Å². The van der Waals surface area contributed by atoms with E-state index in [-0.39, 0.29) is 5.54 Å². The van der Waals surface area contributed by atoms with Crippen LogP contribution in [0.5, 0.6) is 0 Å². The minimum absolute atomic E-state index is 0.219. The molecule has 2 nitrogen and oxygen atoms in total. The molecule has 1 N–H and O–H groups in total. The highest BCUT2D eigenvalue weighted by atomic mass is 16.3. The van der Waals surface area contributed by atoms with E-state index in [1.54, 1.807) is 0 Å². The Hall–Kier alpha value is -0.0800. The van der Waals surface area contributed by atoms with E-state index < -0.39 is 0 Å². The fourth-order valence-corrected chi connectivity index (χ4v) is 2.39. The molecule has 1 saturated carbocycles. The second-order valence-electron chi connectivity index (χ2n) is 4.06. The van der Waals surface area contributed by atoms with Gasteiger partial charge >= 0.3 is 0 Å². The highest BCUT2D eigenvalue weighted by molar-refractivity contribution is 5.10. The number of aliphatic hydroxyl groups is 1. The van der Waals surface area contributed by atoms with Crippen LogP contribution < -0.4 is 0 Å². The third-order valence-electron chi connectivity index (χ3n) is 3.43. The molecule has 64 valence electrons. The van der Waals surface area contributed by atoms with Gasteiger partial charge in [-0.2, -0.15) is 0 Å². The van der Waals surface area contributed by atoms with E-state index >= 15 is 0 Å². The maximum Gasteiger partial charge on any atom is 0.0618 e. The van der Waals surface area contributed by atoms with Crippen molar-refractivity contribution in [2.24, 2.45) is 5.92 Å². The van der Waals surface area contributed by atoms with E-state index in [2.05, 4.69) is 11.8 Å². The van der Waals surface area contributed by atoms with Crippen molar-refractivity contribution >= 4 is 0 Å². The van der Waals surface area contributed by atoms with E-state index in [4.69, 9.17) is 0 Å². The molecule has 0 bridgehead atoms. The van der Waals surface area contributed by atoms with Crippen LogP contribution >= 0.6 is 0 Å². The van der Waals surface area contributed by atoms with Gasteiger partial charge in [-0.15, -0.1) is 0 Å². The minimum atomic E-state index is 0.219. The summed E-state index contributed by atoms with van der Waals surface area (Å²) in [6, 6.07) is 0. The summed E-state index contributed by atoms with van der Waals surface area (Å²) >= 11 is 0. The summed E-state index contributed by atoms with van der Waals surface area (Å²) in [6.45, 7) is 5.04. The zero-order valence-corrected chi connectivity index (χ0v) is 7.21. The molecule has 11 heavy (non-hydrogen) atoms. The van der Waals surface area contributed by atoms with Gasteiger partial charge in [0.25, 0.3) is 0 Å². The monoisotopic (exact) mass is 155 g/mol. The second-order valence-corrected chi connectivity index (χ2v) is 4.06. The molecule has 2 fully saturated rings. The molecule has 0 aromatic carbocycles. The molecule has 2 atom stereocenters. The fraction of sp³-hybridized carbons (Fsp3) is 1.00. The lowest BCUT2D eigenvalue weighted by Crippen LogP contribution is -2.39. The lowest BCUT2D eigenvalue weighted by Gasteiger charge is -2.26. The lowest BCUT2D eigenvalue weighted by molar-refractivity contribution is 0.117. The van der Waals surface area contributed by atoms with Crippen molar-refractivity contribution in [2.45, 2.75) is 31.7 Å². The first-order chi connectivity index (χ1) is 5.29. The highest BCUT2D eigenvalue weighted by Crippen LogP contribution is 2.48. The van der Waals surface area contributed by atoms with E-state index in [0.717, 1.165) is 5.92 Å². The van der Waals surface area contributed by atoms with Gasteiger partial charge in [0, 0.05) is 5.54 Å². The summed E-state index contributed by atoms with van der Waals surface area (Å²) in [6.07, 6.45) is 3.87. The Kier molecular flexibility index (Phi) is 1.69. The van der Waals surface area contributed by atoms with Crippen LogP contribution in [0.15, 0.2) is 0 Å². The molecular formula is C9H17NO. The number of hydrogen-bond donors (Lipinski definition) is 1. The molecule has 1 aliphatic heterocycles. The van der Waals surface area contributed by atoms with Crippen LogP contribution in [-0.4, -0.2) is 35.2 Å². The molecular weight excluding hydrogens is 138 g/mol. The number of nitrogens with zero attached hydrogens (tertiary/aromatic N) is 1. The summed E-state index contributed by atoms with van der Waals surface area (Å²) < 4.78 is 0. The Morgan fingerprint density at radius 1 is 1.45 bits per heavy atom. The van der Waals surface area contributed by atoms with Gasteiger partial charge in [-0.25, -0.2) is 0 Å². The summed E-state index contributed by atoms with van der Waals surface area (Å²) in [4.78, 5) is 2.48. The molecule has 0 aromatic heterocycles. The number of aliphatic hydroxyl groups excluding tert-OH is 1. The molecule has 2 heteroatoms. The van der Waals surface area contributed by atoms with E-state index in [9.17, 15) is 5.11 Å². The largest absolute Gasteiger partial charge is 0.394 e. The van der Waals surface area contributed by atoms with E-state index in [0.29, 0.717) is 6.61 Å². The smallest absolute Gasteiger partial charge is 0.0618 e. The van der Waals surface area contributed by atoms with Gasteiger partial charge in [0.05, 0.1) is 6.61 Å². The van der Waals surface area contributed by atoms with Crippen LogP contribution in [-0.2, 0) is 0 Å². The SMILES string of the molecule is CC1CC1(CO)N1CCCC1. The van der Waals surface area contributed by atoms with E-state index in [1.807, 2.05) is 0 Å². The van der Waals surface area contributed by atoms with Gasteiger partial charge in [-0.05, 0) is 38.3 Å². The van der Waals surface area contributed by atoms with Crippen molar-refractivity contribution in [3.05, 3.63) is 0 Å². The molecule has 0 spiro atoms. The average Bonchev–Trinajstić information content (AvgIpc) is 2.55. The first kappa shape index (κ1) is 7.56. The Bertz CT molecular complexity index is 150. The molecule has 2 rings (SSSR count). The van der Waals surface area contributed by atoms with Gasteiger partial charge < -0.3 is 5.11 Å². The van der Waals surface area contributed by atoms with Crippen LogP contribution in [0.3, 0.4) is 0 Å². The fourth-order valence-electron chi connectivity index (χ4n) is 2.39. The van der Waals surface area contributed by atoms with Crippen molar-refractivity contribution in [3.8, 4) is 0 Å². The molecule has 1 aliphatic carbocycles. The molecule has 0 amide bonds. The summed E-state index contributed by atoms with van der Waals surface area (Å²) in [5.74, 6) is 0.727.